The highest BCUT2D eigenvalue weighted by molar-refractivity contribution is 7.94. The maximum absolute atomic E-state index is 13.4. The summed E-state index contributed by atoms with van der Waals surface area (Å²) in [4.78, 5) is 13.1. The van der Waals surface area contributed by atoms with Gasteiger partial charge in [-0.25, -0.2) is 8.42 Å². The molecule has 1 heterocycles. The molecule has 0 unspecified atom stereocenters. The molecule has 1 amide bonds. The van der Waals surface area contributed by atoms with Crippen LogP contribution in [0, 0.1) is 6.92 Å². The summed E-state index contributed by atoms with van der Waals surface area (Å²) in [6, 6.07) is 15.8. The lowest BCUT2D eigenvalue weighted by Gasteiger charge is -2.25. The number of nitrogens with one attached hydrogen (secondary N) is 1. The number of hydrogen-bond acceptors (Lipinski definition) is 5. The van der Waals surface area contributed by atoms with Crippen molar-refractivity contribution in [1.82, 2.24) is 0 Å². The number of carbonyl (C=O) groups is 1. The lowest BCUT2D eigenvalue weighted by molar-refractivity contribution is -0.114. The van der Waals surface area contributed by atoms with E-state index in [2.05, 4.69) is 5.32 Å². The predicted octanol–water partition coefficient (Wildman–Crippen LogP) is 5.02. The van der Waals surface area contributed by atoms with E-state index in [1.807, 2.05) is 39.0 Å². The number of hydrogen-bond donors (Lipinski definition) is 1. The summed E-state index contributed by atoms with van der Waals surface area (Å²) in [5.74, 6) is 0.145. The molecule has 0 saturated heterocycles. The van der Waals surface area contributed by atoms with Gasteiger partial charge in [0, 0.05) is 5.69 Å². The van der Waals surface area contributed by atoms with Gasteiger partial charge < -0.3 is 10.1 Å². The molecule has 0 atom stereocenters. The summed E-state index contributed by atoms with van der Waals surface area (Å²) in [6.07, 6.45) is 0. The Morgan fingerprint density at radius 3 is 2.48 bits per heavy atom. The number of amides is 1. The van der Waals surface area contributed by atoms with E-state index < -0.39 is 15.9 Å². The average Bonchev–Trinajstić information content (AvgIpc) is 3.29. The fourth-order valence-electron chi connectivity index (χ4n) is 3.31. The number of anilines is 2. The fourth-order valence-corrected chi connectivity index (χ4v) is 5.84. The number of rotatable bonds is 8. The van der Waals surface area contributed by atoms with E-state index >= 15 is 0 Å². The molecular weight excluding hydrogens is 432 g/mol. The van der Waals surface area contributed by atoms with Gasteiger partial charge >= 0.3 is 0 Å². The van der Waals surface area contributed by atoms with Crippen molar-refractivity contribution < 1.29 is 17.9 Å². The molecule has 164 valence electrons. The van der Waals surface area contributed by atoms with Gasteiger partial charge in [0.25, 0.3) is 10.0 Å². The number of aryl methyl sites for hydroxylation is 1. The standard InChI is InChI=1S/C23H26N2O4S2/c1-16(2)18-10-7-9-17(3)23(18)24-21(26)15-25(19-11-5-6-12-20(19)29-4)31(27,28)22-13-8-14-30-22/h5-14,16H,15H2,1-4H3,(H,24,26). The minimum absolute atomic E-state index is 0.157. The summed E-state index contributed by atoms with van der Waals surface area (Å²) in [5, 5.41) is 4.62. The number of ether oxygens (including phenoxy) is 1. The Balaban J connectivity index is 2.00. The highest BCUT2D eigenvalue weighted by Crippen LogP contribution is 2.34. The summed E-state index contributed by atoms with van der Waals surface area (Å²) < 4.78 is 33.4. The highest BCUT2D eigenvalue weighted by atomic mass is 32.2. The summed E-state index contributed by atoms with van der Waals surface area (Å²) in [7, 11) is -2.49. The molecule has 6 nitrogen and oxygen atoms in total. The van der Waals surface area contributed by atoms with Crippen molar-refractivity contribution in [3.05, 3.63) is 71.1 Å². The van der Waals surface area contributed by atoms with E-state index in [1.54, 1.807) is 35.7 Å². The molecule has 3 aromatic rings. The van der Waals surface area contributed by atoms with Crippen molar-refractivity contribution >= 4 is 38.6 Å². The van der Waals surface area contributed by atoms with E-state index in [1.165, 1.54) is 13.2 Å². The first-order chi connectivity index (χ1) is 14.8. The maximum Gasteiger partial charge on any atom is 0.274 e. The molecule has 1 aromatic heterocycles. The average molecular weight is 459 g/mol. The van der Waals surface area contributed by atoms with Gasteiger partial charge in [0.05, 0.1) is 12.8 Å². The highest BCUT2D eigenvalue weighted by Gasteiger charge is 2.30. The summed E-state index contributed by atoms with van der Waals surface area (Å²) in [6.45, 7) is 5.63. The zero-order valence-corrected chi connectivity index (χ0v) is 19.6. The Labute approximate surface area is 187 Å². The van der Waals surface area contributed by atoms with E-state index in [4.69, 9.17) is 4.74 Å². The Morgan fingerprint density at radius 1 is 1.10 bits per heavy atom. The number of benzene rings is 2. The normalized spacial score (nSPS) is 11.4. The van der Waals surface area contributed by atoms with Gasteiger partial charge in [0.15, 0.2) is 0 Å². The molecule has 0 aliphatic heterocycles. The van der Waals surface area contributed by atoms with Crippen molar-refractivity contribution in [3.8, 4) is 5.75 Å². The van der Waals surface area contributed by atoms with Gasteiger partial charge in [0.2, 0.25) is 5.91 Å². The topological polar surface area (TPSA) is 75.7 Å². The van der Waals surface area contributed by atoms with Crippen LogP contribution < -0.4 is 14.4 Å². The van der Waals surface area contributed by atoms with Crippen LogP contribution in [0.1, 0.15) is 30.9 Å². The van der Waals surface area contributed by atoms with E-state index in [0.717, 1.165) is 32.5 Å². The van der Waals surface area contributed by atoms with Crippen LogP contribution >= 0.6 is 11.3 Å². The van der Waals surface area contributed by atoms with E-state index in [9.17, 15) is 13.2 Å². The predicted molar refractivity (Wildman–Crippen MR) is 126 cm³/mol. The van der Waals surface area contributed by atoms with Crippen LogP contribution in [0.25, 0.3) is 0 Å². The molecule has 0 radical (unpaired) electrons. The smallest absolute Gasteiger partial charge is 0.274 e. The largest absolute Gasteiger partial charge is 0.495 e. The third-order valence-electron chi connectivity index (χ3n) is 4.87. The van der Waals surface area contributed by atoms with Crippen molar-refractivity contribution in [2.75, 3.05) is 23.3 Å². The SMILES string of the molecule is COc1ccccc1N(CC(=O)Nc1c(C)cccc1C(C)C)S(=O)(=O)c1cccs1. The molecular formula is C23H26N2O4S2. The second kappa shape index (κ2) is 9.53. The molecule has 1 N–H and O–H groups in total. The van der Waals surface area contributed by atoms with Crippen LogP contribution in [0.3, 0.4) is 0 Å². The van der Waals surface area contributed by atoms with Gasteiger partial charge in [-0.1, -0.05) is 50.2 Å². The first-order valence-electron chi connectivity index (χ1n) is 9.84. The Morgan fingerprint density at radius 2 is 1.84 bits per heavy atom. The third kappa shape index (κ3) is 4.91. The molecule has 31 heavy (non-hydrogen) atoms. The van der Waals surface area contributed by atoms with Crippen LogP contribution in [-0.4, -0.2) is 28.0 Å². The van der Waals surface area contributed by atoms with Crippen LogP contribution in [0.2, 0.25) is 0 Å². The van der Waals surface area contributed by atoms with Gasteiger partial charge in [-0.05, 0) is 47.5 Å². The van der Waals surface area contributed by atoms with E-state index in [0.29, 0.717) is 11.4 Å². The number of carbonyl (C=O) groups excluding carboxylic acids is 1. The Kier molecular flexibility index (Phi) is 7.02. The monoisotopic (exact) mass is 458 g/mol. The molecule has 8 heteroatoms. The van der Waals surface area contributed by atoms with Crippen LogP contribution in [0.5, 0.6) is 5.75 Å². The molecule has 2 aromatic carbocycles. The number of nitrogens with zero attached hydrogens (tertiary/aromatic N) is 1. The quantitative estimate of drug-likeness (QED) is 0.514. The fraction of sp³-hybridized carbons (Fsp3) is 0.261. The molecule has 0 fully saturated rings. The van der Waals surface area contributed by atoms with Gasteiger partial charge in [-0.15, -0.1) is 11.3 Å². The van der Waals surface area contributed by atoms with Crippen molar-refractivity contribution in [1.29, 1.82) is 0 Å². The Bertz CT molecular complexity index is 1160. The number of methoxy groups -OCH3 is 1. The minimum Gasteiger partial charge on any atom is -0.495 e. The molecule has 3 rings (SSSR count). The van der Waals surface area contributed by atoms with Gasteiger partial charge in [-0.3, -0.25) is 9.10 Å². The van der Waals surface area contributed by atoms with Crippen molar-refractivity contribution in [2.24, 2.45) is 0 Å². The van der Waals surface area contributed by atoms with Crippen LogP contribution in [0.4, 0.5) is 11.4 Å². The number of sulfonamides is 1. The second-order valence-electron chi connectivity index (χ2n) is 7.36. The lowest BCUT2D eigenvalue weighted by atomic mass is 9.98. The first-order valence-corrected chi connectivity index (χ1v) is 12.2. The molecule has 0 bridgehead atoms. The summed E-state index contributed by atoms with van der Waals surface area (Å²) >= 11 is 1.10. The number of thiophene rings is 1. The van der Waals surface area contributed by atoms with Gasteiger partial charge in [0.1, 0.15) is 16.5 Å². The maximum atomic E-state index is 13.4. The molecule has 0 spiro atoms. The summed E-state index contributed by atoms with van der Waals surface area (Å²) in [5.41, 5.74) is 2.95. The lowest BCUT2D eigenvalue weighted by Crippen LogP contribution is -2.38. The molecule has 0 aliphatic carbocycles. The van der Waals surface area contributed by atoms with Crippen LogP contribution in [0.15, 0.2) is 64.2 Å². The second-order valence-corrected chi connectivity index (χ2v) is 10.4. The first kappa shape index (κ1) is 22.8. The molecule has 0 saturated carbocycles. The third-order valence-corrected chi connectivity index (χ3v) is 8.00. The Hall–Kier alpha value is -2.84. The zero-order chi connectivity index (χ0) is 22.6. The molecule has 0 aliphatic rings. The van der Waals surface area contributed by atoms with Crippen molar-refractivity contribution in [3.63, 3.8) is 0 Å². The van der Waals surface area contributed by atoms with E-state index in [-0.39, 0.29) is 16.7 Å². The van der Waals surface area contributed by atoms with Crippen LogP contribution in [-0.2, 0) is 14.8 Å². The van der Waals surface area contributed by atoms with Gasteiger partial charge in [-0.2, -0.15) is 0 Å². The minimum atomic E-state index is -3.96. The zero-order valence-electron chi connectivity index (χ0n) is 18.0. The number of para-hydroxylation sites is 3. The van der Waals surface area contributed by atoms with Crippen molar-refractivity contribution in [2.45, 2.75) is 30.9 Å².